The van der Waals surface area contributed by atoms with Crippen LogP contribution in [0.25, 0.3) is 0 Å². The SMILES string of the molecule is Cc1cc(COc2ccc(F)cc2)c(C)c(C2C(C#N)=C(N)N(c3ccc(F)cc3[N+](=O)[O-])C3=C2C(=O)CCC3)c1. The van der Waals surface area contributed by atoms with E-state index in [1.165, 1.54) is 35.2 Å². The third kappa shape index (κ3) is 5.02. The number of hydrogen-bond acceptors (Lipinski definition) is 7. The summed E-state index contributed by atoms with van der Waals surface area (Å²) in [5.74, 6) is -1.72. The Morgan fingerprint density at radius 1 is 1.10 bits per heavy atom. The average Bonchev–Trinajstić information content (AvgIpc) is 2.94. The molecule has 8 nitrogen and oxygen atoms in total. The molecule has 0 aromatic heterocycles. The minimum absolute atomic E-state index is 0.0170. The van der Waals surface area contributed by atoms with Gasteiger partial charge in [0.1, 0.15) is 35.5 Å². The van der Waals surface area contributed by atoms with Crippen molar-refractivity contribution in [2.75, 3.05) is 4.90 Å². The number of nitro benzene ring substituents is 1. The van der Waals surface area contributed by atoms with Crippen LogP contribution in [-0.4, -0.2) is 10.7 Å². The van der Waals surface area contributed by atoms with Gasteiger partial charge in [0, 0.05) is 17.7 Å². The van der Waals surface area contributed by atoms with Crippen molar-refractivity contribution in [1.82, 2.24) is 0 Å². The van der Waals surface area contributed by atoms with Gasteiger partial charge in [-0.05, 0) is 79.8 Å². The zero-order chi connectivity index (χ0) is 29.4. The van der Waals surface area contributed by atoms with Gasteiger partial charge in [0.25, 0.3) is 5.69 Å². The van der Waals surface area contributed by atoms with Gasteiger partial charge in [-0.3, -0.25) is 19.8 Å². The van der Waals surface area contributed by atoms with Crippen LogP contribution in [0.2, 0.25) is 0 Å². The number of rotatable bonds is 6. The van der Waals surface area contributed by atoms with Crippen molar-refractivity contribution in [3.63, 3.8) is 0 Å². The van der Waals surface area contributed by atoms with E-state index in [2.05, 4.69) is 6.07 Å². The van der Waals surface area contributed by atoms with Gasteiger partial charge >= 0.3 is 0 Å². The molecule has 10 heteroatoms. The normalized spacial score (nSPS) is 16.9. The van der Waals surface area contributed by atoms with Gasteiger partial charge in [-0.2, -0.15) is 5.26 Å². The lowest BCUT2D eigenvalue weighted by atomic mass is 9.73. The van der Waals surface area contributed by atoms with E-state index in [0.29, 0.717) is 35.4 Å². The molecule has 0 radical (unpaired) electrons. The van der Waals surface area contributed by atoms with Crippen LogP contribution in [0.5, 0.6) is 5.75 Å². The van der Waals surface area contributed by atoms with Crippen LogP contribution in [0.3, 0.4) is 0 Å². The molecule has 0 fully saturated rings. The summed E-state index contributed by atoms with van der Waals surface area (Å²) >= 11 is 0. The number of allylic oxidation sites excluding steroid dienone is 3. The third-order valence-electron chi connectivity index (χ3n) is 7.51. The summed E-state index contributed by atoms with van der Waals surface area (Å²) in [6.07, 6.45) is 1.13. The fourth-order valence-corrected chi connectivity index (χ4v) is 5.61. The van der Waals surface area contributed by atoms with Crippen LogP contribution >= 0.6 is 0 Å². The highest BCUT2D eigenvalue weighted by Gasteiger charge is 2.42. The molecule has 2 N–H and O–H groups in total. The van der Waals surface area contributed by atoms with Crippen LogP contribution in [0, 0.1) is 46.9 Å². The first-order valence-corrected chi connectivity index (χ1v) is 13.0. The molecule has 0 saturated carbocycles. The second-order valence-electron chi connectivity index (χ2n) is 10.1. The van der Waals surface area contributed by atoms with E-state index in [4.69, 9.17) is 10.5 Å². The number of benzene rings is 3. The van der Waals surface area contributed by atoms with Crippen molar-refractivity contribution in [1.29, 1.82) is 5.26 Å². The van der Waals surface area contributed by atoms with E-state index in [0.717, 1.165) is 28.8 Å². The number of carbonyl (C=O) groups excluding carboxylic acids is 1. The Morgan fingerprint density at radius 2 is 1.80 bits per heavy atom. The van der Waals surface area contributed by atoms with Gasteiger partial charge in [-0.1, -0.05) is 17.7 Å². The molecule has 1 aliphatic heterocycles. The Hall–Kier alpha value is -5.04. The molecule has 0 bridgehead atoms. The van der Waals surface area contributed by atoms with Crippen LogP contribution in [0.1, 0.15) is 47.4 Å². The Kier molecular flexibility index (Phi) is 7.28. The number of ether oxygens (including phenoxy) is 1. The van der Waals surface area contributed by atoms with Crippen molar-refractivity contribution in [2.24, 2.45) is 5.73 Å². The van der Waals surface area contributed by atoms with Gasteiger partial charge < -0.3 is 10.5 Å². The van der Waals surface area contributed by atoms with Gasteiger partial charge in [-0.15, -0.1) is 0 Å². The molecular formula is C31H26F2N4O4. The number of hydrogen-bond donors (Lipinski definition) is 1. The molecule has 3 aromatic carbocycles. The number of halogens is 2. The van der Waals surface area contributed by atoms with Crippen molar-refractivity contribution in [3.05, 3.63) is 121 Å². The zero-order valence-electron chi connectivity index (χ0n) is 22.4. The first-order valence-electron chi connectivity index (χ1n) is 13.0. The second kappa shape index (κ2) is 10.8. The number of nitrogens with two attached hydrogens (primary N) is 1. The molecule has 2 aliphatic rings. The molecule has 1 aliphatic carbocycles. The average molecular weight is 557 g/mol. The highest BCUT2D eigenvalue weighted by Crippen LogP contribution is 2.49. The number of nitrogens with zero attached hydrogens (tertiary/aromatic N) is 3. The number of carbonyl (C=O) groups is 1. The second-order valence-corrected chi connectivity index (χ2v) is 10.1. The van der Waals surface area contributed by atoms with E-state index in [1.54, 1.807) is 0 Å². The predicted octanol–water partition coefficient (Wildman–Crippen LogP) is 6.37. The smallest absolute Gasteiger partial charge is 0.296 e. The van der Waals surface area contributed by atoms with Gasteiger partial charge in [0.05, 0.1) is 28.5 Å². The topological polar surface area (TPSA) is 122 Å². The highest BCUT2D eigenvalue weighted by atomic mass is 19.1. The summed E-state index contributed by atoms with van der Waals surface area (Å²) in [6, 6.07) is 14.8. The molecule has 41 heavy (non-hydrogen) atoms. The number of nitro groups is 1. The molecule has 0 amide bonds. The first kappa shape index (κ1) is 27.5. The molecule has 0 saturated heterocycles. The van der Waals surface area contributed by atoms with Crippen molar-refractivity contribution >= 4 is 17.2 Å². The number of anilines is 1. The Labute approximate surface area is 235 Å². The monoisotopic (exact) mass is 556 g/mol. The maximum Gasteiger partial charge on any atom is 0.296 e. The maximum absolute atomic E-state index is 14.0. The minimum Gasteiger partial charge on any atom is -0.489 e. The molecule has 208 valence electrons. The molecular weight excluding hydrogens is 530 g/mol. The molecule has 1 heterocycles. The van der Waals surface area contributed by atoms with E-state index in [-0.39, 0.29) is 41.7 Å². The van der Waals surface area contributed by atoms with Gasteiger partial charge in [-0.25, -0.2) is 8.78 Å². The van der Waals surface area contributed by atoms with Crippen LogP contribution in [0.15, 0.2) is 77.3 Å². The van der Waals surface area contributed by atoms with Crippen LogP contribution < -0.4 is 15.4 Å². The van der Waals surface area contributed by atoms with E-state index >= 15 is 0 Å². The summed E-state index contributed by atoms with van der Waals surface area (Å²) in [5, 5.41) is 22.2. The Morgan fingerprint density at radius 3 is 2.49 bits per heavy atom. The number of aryl methyl sites for hydroxylation is 1. The number of ketones is 1. The number of nitriles is 1. The fraction of sp³-hybridized carbons (Fsp3) is 0.226. The molecule has 3 aromatic rings. The van der Waals surface area contributed by atoms with Gasteiger partial charge in [0.15, 0.2) is 5.78 Å². The minimum atomic E-state index is -0.803. The highest BCUT2D eigenvalue weighted by molar-refractivity contribution is 6.01. The summed E-state index contributed by atoms with van der Waals surface area (Å²) in [4.78, 5) is 26.1. The summed E-state index contributed by atoms with van der Waals surface area (Å²) in [7, 11) is 0. The Bertz CT molecular complexity index is 1690. The molecule has 1 unspecified atom stereocenters. The third-order valence-corrected chi connectivity index (χ3v) is 7.51. The Balaban J connectivity index is 1.66. The summed E-state index contributed by atoms with van der Waals surface area (Å²) < 4.78 is 33.2. The molecule has 0 spiro atoms. The van der Waals surface area contributed by atoms with E-state index < -0.39 is 22.3 Å². The van der Waals surface area contributed by atoms with Crippen molar-refractivity contribution < 1.29 is 23.2 Å². The quantitative estimate of drug-likeness (QED) is 0.276. The lowest BCUT2D eigenvalue weighted by molar-refractivity contribution is -0.384. The van der Waals surface area contributed by atoms with Crippen molar-refractivity contribution in [3.8, 4) is 11.8 Å². The number of Topliss-reactive ketones (excluding diaryl/α,β-unsaturated/α-hetero) is 1. The predicted molar refractivity (Wildman–Crippen MR) is 148 cm³/mol. The van der Waals surface area contributed by atoms with E-state index in [1.807, 2.05) is 26.0 Å². The van der Waals surface area contributed by atoms with Crippen LogP contribution in [0.4, 0.5) is 20.2 Å². The lowest BCUT2D eigenvalue weighted by Crippen LogP contribution is -2.39. The van der Waals surface area contributed by atoms with E-state index in [9.17, 15) is 29.0 Å². The lowest BCUT2D eigenvalue weighted by Gasteiger charge is -2.39. The summed E-state index contributed by atoms with van der Waals surface area (Å²) in [6.45, 7) is 3.92. The maximum atomic E-state index is 14.0. The standard InChI is InChI=1S/C31H26F2N4O4/c1-17-12-19(16-41-22-9-6-20(32)7-10-22)18(2)23(13-17)29-24(15-34)31(35)36(26-4-3-5-28(38)30(26)29)25-11-8-21(33)14-27(25)37(39)40/h6-14,29H,3-5,16,35H2,1-2H3. The summed E-state index contributed by atoms with van der Waals surface area (Å²) in [5.41, 5.74) is 10.1. The van der Waals surface area contributed by atoms with Gasteiger partial charge in [0.2, 0.25) is 0 Å². The zero-order valence-corrected chi connectivity index (χ0v) is 22.4. The molecule has 1 atom stereocenters. The first-order chi connectivity index (χ1) is 19.6. The molecule has 5 rings (SSSR count). The van der Waals surface area contributed by atoms with Crippen molar-refractivity contribution in [2.45, 2.75) is 45.6 Å². The largest absolute Gasteiger partial charge is 0.489 e. The van der Waals surface area contributed by atoms with Crippen LogP contribution in [-0.2, 0) is 11.4 Å². The fourth-order valence-electron chi connectivity index (χ4n) is 5.61.